The average Bonchev–Trinajstić information content (AvgIpc) is 3.08. The zero-order valence-electron chi connectivity index (χ0n) is 14.8. The molecule has 0 aromatic heterocycles. The summed E-state index contributed by atoms with van der Waals surface area (Å²) in [5, 5.41) is 0. The summed E-state index contributed by atoms with van der Waals surface area (Å²) in [6.45, 7) is 1.80. The van der Waals surface area contributed by atoms with E-state index in [-0.39, 0.29) is 5.91 Å². The van der Waals surface area contributed by atoms with Gasteiger partial charge >= 0.3 is 0 Å². The summed E-state index contributed by atoms with van der Waals surface area (Å²) in [6, 6.07) is 13.7. The van der Waals surface area contributed by atoms with Gasteiger partial charge in [0.1, 0.15) is 30.1 Å². The first-order chi connectivity index (χ1) is 12.0. The van der Waals surface area contributed by atoms with Gasteiger partial charge in [-0.25, -0.2) is 0 Å². The third-order valence-electron chi connectivity index (χ3n) is 5.06. The van der Waals surface area contributed by atoms with E-state index in [1.807, 2.05) is 63.6 Å². The van der Waals surface area contributed by atoms with E-state index in [9.17, 15) is 4.79 Å². The molecule has 1 atom stereocenters. The summed E-state index contributed by atoms with van der Waals surface area (Å²) in [7, 11) is 5.85. The van der Waals surface area contributed by atoms with Crippen LogP contribution in [0.4, 0.5) is 5.69 Å². The fourth-order valence-corrected chi connectivity index (χ4v) is 3.71. The van der Waals surface area contributed by atoms with Gasteiger partial charge in [-0.05, 0) is 31.8 Å². The number of nitrogens with zero attached hydrogens (tertiary/aromatic N) is 2. The van der Waals surface area contributed by atoms with E-state index in [2.05, 4.69) is 4.90 Å². The molecule has 0 N–H and O–H groups in total. The van der Waals surface area contributed by atoms with Crippen LogP contribution in [0.15, 0.2) is 42.5 Å². The molecule has 2 heterocycles. The molecule has 5 heteroatoms. The van der Waals surface area contributed by atoms with Gasteiger partial charge in [0.2, 0.25) is 5.91 Å². The molecule has 0 aliphatic carbocycles. The number of para-hydroxylation sites is 1. The van der Waals surface area contributed by atoms with Crippen LogP contribution in [0.1, 0.15) is 11.1 Å². The fourth-order valence-electron chi connectivity index (χ4n) is 3.71. The Bertz CT molecular complexity index is 833. The number of benzene rings is 2. The molecule has 2 aromatic rings. The van der Waals surface area contributed by atoms with Crippen molar-refractivity contribution in [3.05, 3.63) is 53.6 Å². The molecular formula is C20H22N2O3. The zero-order chi connectivity index (χ0) is 17.6. The minimum atomic E-state index is -0.733. The smallest absolute Gasteiger partial charge is 0.245 e. The van der Waals surface area contributed by atoms with Crippen LogP contribution in [0.25, 0.3) is 0 Å². The van der Waals surface area contributed by atoms with Gasteiger partial charge in [-0.1, -0.05) is 24.3 Å². The highest BCUT2D eigenvalue weighted by molar-refractivity contribution is 6.11. The van der Waals surface area contributed by atoms with Crippen LogP contribution >= 0.6 is 0 Å². The van der Waals surface area contributed by atoms with Crippen LogP contribution in [-0.4, -0.2) is 51.7 Å². The molecule has 25 heavy (non-hydrogen) atoms. The Morgan fingerprint density at radius 1 is 1.20 bits per heavy atom. The topological polar surface area (TPSA) is 42.0 Å². The summed E-state index contributed by atoms with van der Waals surface area (Å²) < 4.78 is 11.7. The standard InChI is InChI=1S/C20H22N2O3/c1-21(2)10-11-24-14-8-9-16-18(12-14)25-13-20(16)15-6-4-5-7-17(15)22(3)19(20)23/h4-9,12H,10-11,13H2,1-3H3. The normalized spacial score (nSPS) is 20.8. The van der Waals surface area contributed by atoms with E-state index in [4.69, 9.17) is 9.47 Å². The predicted octanol–water partition coefficient (Wildman–Crippen LogP) is 2.28. The maximum atomic E-state index is 13.1. The number of carbonyl (C=O) groups is 1. The number of hydrogen-bond donors (Lipinski definition) is 0. The van der Waals surface area contributed by atoms with Gasteiger partial charge < -0.3 is 19.3 Å². The van der Waals surface area contributed by atoms with E-state index in [1.165, 1.54) is 0 Å². The number of hydrogen-bond acceptors (Lipinski definition) is 4. The second-order valence-corrected chi connectivity index (χ2v) is 6.89. The molecule has 0 radical (unpaired) electrons. The minimum absolute atomic E-state index is 0.0636. The highest BCUT2D eigenvalue weighted by atomic mass is 16.5. The molecule has 1 unspecified atom stereocenters. The molecule has 0 saturated carbocycles. The van der Waals surface area contributed by atoms with E-state index in [1.54, 1.807) is 4.90 Å². The molecule has 130 valence electrons. The van der Waals surface area contributed by atoms with Crippen molar-refractivity contribution in [2.24, 2.45) is 0 Å². The maximum absolute atomic E-state index is 13.1. The predicted molar refractivity (Wildman–Crippen MR) is 96.6 cm³/mol. The number of anilines is 1. The van der Waals surface area contributed by atoms with Crippen LogP contribution in [-0.2, 0) is 10.2 Å². The molecule has 0 saturated heterocycles. The summed E-state index contributed by atoms with van der Waals surface area (Å²) in [5.41, 5.74) is 2.16. The quantitative estimate of drug-likeness (QED) is 0.858. The van der Waals surface area contributed by atoms with Crippen LogP contribution < -0.4 is 14.4 Å². The Morgan fingerprint density at radius 3 is 2.80 bits per heavy atom. The lowest BCUT2D eigenvalue weighted by atomic mass is 9.77. The second-order valence-electron chi connectivity index (χ2n) is 6.89. The summed E-state index contributed by atoms with van der Waals surface area (Å²) in [4.78, 5) is 16.9. The van der Waals surface area contributed by atoms with Gasteiger partial charge in [0.15, 0.2) is 0 Å². The lowest BCUT2D eigenvalue weighted by Gasteiger charge is -2.21. The van der Waals surface area contributed by atoms with Crippen molar-refractivity contribution in [3.63, 3.8) is 0 Å². The van der Waals surface area contributed by atoms with Crippen molar-refractivity contribution in [2.45, 2.75) is 5.41 Å². The molecule has 1 spiro atoms. The third kappa shape index (κ3) is 2.30. The average molecular weight is 338 g/mol. The minimum Gasteiger partial charge on any atom is -0.492 e. The molecule has 0 bridgehead atoms. The van der Waals surface area contributed by atoms with Gasteiger partial charge in [-0.2, -0.15) is 0 Å². The van der Waals surface area contributed by atoms with Gasteiger partial charge in [-0.3, -0.25) is 4.79 Å². The number of carbonyl (C=O) groups excluding carboxylic acids is 1. The van der Waals surface area contributed by atoms with Crippen LogP contribution in [0.5, 0.6) is 11.5 Å². The van der Waals surface area contributed by atoms with Crippen LogP contribution in [0, 0.1) is 0 Å². The first-order valence-electron chi connectivity index (χ1n) is 8.46. The van der Waals surface area contributed by atoms with Gasteiger partial charge in [0, 0.05) is 30.9 Å². The molecule has 2 aliphatic rings. The van der Waals surface area contributed by atoms with E-state index in [0.717, 1.165) is 34.9 Å². The Balaban J connectivity index is 1.70. The fraction of sp³-hybridized carbons (Fsp3) is 0.350. The SMILES string of the molecule is CN(C)CCOc1ccc2c(c1)OCC21C(=O)N(C)c2ccccc21. The van der Waals surface area contributed by atoms with Crippen molar-refractivity contribution >= 4 is 11.6 Å². The third-order valence-corrected chi connectivity index (χ3v) is 5.06. The van der Waals surface area contributed by atoms with Gasteiger partial charge in [0.25, 0.3) is 0 Å². The Hall–Kier alpha value is -2.53. The van der Waals surface area contributed by atoms with Crippen molar-refractivity contribution < 1.29 is 14.3 Å². The Labute approximate surface area is 147 Å². The molecule has 5 nitrogen and oxygen atoms in total. The maximum Gasteiger partial charge on any atom is 0.245 e. The monoisotopic (exact) mass is 338 g/mol. The summed E-state index contributed by atoms with van der Waals surface area (Å²) in [5.74, 6) is 1.57. The molecule has 2 aromatic carbocycles. The van der Waals surface area contributed by atoms with Crippen molar-refractivity contribution in [3.8, 4) is 11.5 Å². The molecule has 4 rings (SSSR count). The number of ether oxygens (including phenoxy) is 2. The van der Waals surface area contributed by atoms with Crippen LogP contribution in [0.3, 0.4) is 0 Å². The summed E-state index contributed by atoms with van der Waals surface area (Å²) >= 11 is 0. The number of fused-ring (bicyclic) bond motifs is 4. The van der Waals surface area contributed by atoms with E-state index >= 15 is 0 Å². The zero-order valence-corrected chi connectivity index (χ0v) is 14.8. The van der Waals surface area contributed by atoms with Crippen molar-refractivity contribution in [1.29, 1.82) is 0 Å². The molecule has 2 aliphatic heterocycles. The highest BCUT2D eigenvalue weighted by Gasteiger charge is 2.55. The lowest BCUT2D eigenvalue weighted by Crippen LogP contribution is -2.40. The van der Waals surface area contributed by atoms with Gasteiger partial charge in [-0.15, -0.1) is 0 Å². The van der Waals surface area contributed by atoms with E-state index < -0.39 is 5.41 Å². The first-order valence-corrected chi connectivity index (χ1v) is 8.46. The second kappa shape index (κ2) is 5.77. The van der Waals surface area contributed by atoms with Crippen molar-refractivity contribution in [1.82, 2.24) is 4.90 Å². The largest absolute Gasteiger partial charge is 0.492 e. The lowest BCUT2D eigenvalue weighted by molar-refractivity contribution is -0.121. The summed E-state index contributed by atoms with van der Waals surface area (Å²) in [6.07, 6.45) is 0. The number of rotatable bonds is 4. The Morgan fingerprint density at radius 2 is 2.00 bits per heavy atom. The molecular weight excluding hydrogens is 316 g/mol. The van der Waals surface area contributed by atoms with Crippen molar-refractivity contribution in [2.75, 3.05) is 45.8 Å². The molecule has 0 fully saturated rings. The van der Waals surface area contributed by atoms with E-state index in [0.29, 0.717) is 13.2 Å². The number of likely N-dealkylation sites (N-methyl/N-ethyl adjacent to an activating group) is 2. The Kier molecular flexibility index (Phi) is 3.69. The first kappa shape index (κ1) is 16.0. The van der Waals surface area contributed by atoms with Crippen LogP contribution in [0.2, 0.25) is 0 Å². The number of amides is 1. The highest BCUT2D eigenvalue weighted by Crippen LogP contribution is 2.52. The molecule has 1 amide bonds. The van der Waals surface area contributed by atoms with Gasteiger partial charge in [0.05, 0.1) is 0 Å².